The van der Waals surface area contributed by atoms with E-state index in [4.69, 9.17) is 4.74 Å². The smallest absolute Gasteiger partial charge is 0.341 e. The molecule has 0 saturated heterocycles. The van der Waals surface area contributed by atoms with Gasteiger partial charge in [0.2, 0.25) is 5.91 Å². The van der Waals surface area contributed by atoms with Gasteiger partial charge in [-0.3, -0.25) is 9.59 Å². The van der Waals surface area contributed by atoms with Gasteiger partial charge in [-0.1, -0.05) is 60.2 Å². The molecule has 45 heavy (non-hydrogen) atoms. The van der Waals surface area contributed by atoms with Gasteiger partial charge < -0.3 is 20.5 Å². The summed E-state index contributed by atoms with van der Waals surface area (Å²) in [7, 11) is 0. The summed E-state index contributed by atoms with van der Waals surface area (Å²) in [4.78, 5) is 52.1. The highest BCUT2D eigenvalue weighted by molar-refractivity contribution is 8.00. The minimum Gasteiger partial charge on any atom is -0.478 e. The Hall–Kier alpha value is -4.93. The first-order chi connectivity index (χ1) is 21.7. The highest BCUT2D eigenvalue weighted by Gasteiger charge is 2.25. The van der Waals surface area contributed by atoms with Crippen molar-refractivity contribution < 1.29 is 29.0 Å². The number of esters is 1. The molecule has 2 amide bonds. The molecule has 0 aliphatic rings. The van der Waals surface area contributed by atoms with Gasteiger partial charge in [0.15, 0.2) is 0 Å². The number of aryl methyl sites for hydroxylation is 1. The molecule has 1 aromatic heterocycles. The Balaban J connectivity index is 1.32. The lowest BCUT2D eigenvalue weighted by Crippen LogP contribution is -2.23. The number of anilines is 2. The molecule has 228 valence electrons. The van der Waals surface area contributed by atoms with Crippen molar-refractivity contribution in [2.45, 2.75) is 30.9 Å². The number of amides is 2. The van der Waals surface area contributed by atoms with Crippen LogP contribution in [0, 0.1) is 6.92 Å². The molecule has 5 rings (SSSR count). The highest BCUT2D eigenvalue weighted by Crippen LogP contribution is 2.37. The first-order valence-corrected chi connectivity index (χ1v) is 15.9. The molecule has 0 aliphatic heterocycles. The second-order valence-corrected chi connectivity index (χ2v) is 12.5. The highest BCUT2D eigenvalue weighted by atomic mass is 32.2. The zero-order chi connectivity index (χ0) is 32.1. The lowest BCUT2D eigenvalue weighted by Gasteiger charge is -2.14. The third-order valence-corrected chi connectivity index (χ3v) is 9.01. The number of fused-ring (bicyclic) bond motifs is 1. The standard InChI is InChI=1S/C35H30N2O6S2/c1-4-43-35(42)30-28(22-16-14-20(2)15-17-22)19-44-33(30)37-31(38)21(3)45-25-11-7-10-24(18-25)36-32(39)26-12-5-8-23-9-6-13-27(29(23)26)34(40)41/h5-19,21H,4H2,1-3H3,(H,36,39)(H,37,38)(H,40,41). The molecule has 4 aromatic carbocycles. The molecule has 0 saturated carbocycles. The van der Waals surface area contributed by atoms with Crippen LogP contribution in [-0.2, 0) is 9.53 Å². The van der Waals surface area contributed by atoms with Crippen LogP contribution in [0.5, 0.6) is 0 Å². The Morgan fingerprint density at radius 2 is 1.60 bits per heavy atom. The summed E-state index contributed by atoms with van der Waals surface area (Å²) in [5.41, 5.74) is 3.74. The Kier molecular flexibility index (Phi) is 9.65. The van der Waals surface area contributed by atoms with Crippen molar-refractivity contribution >= 4 is 68.3 Å². The first kappa shape index (κ1) is 31.5. The summed E-state index contributed by atoms with van der Waals surface area (Å²) in [6.07, 6.45) is 0. The maximum atomic E-state index is 13.3. The normalized spacial score (nSPS) is 11.5. The SMILES string of the molecule is CCOC(=O)c1c(-c2ccc(C)cc2)csc1NC(=O)C(C)Sc1cccc(NC(=O)c2cccc3cccc(C(=O)O)c23)c1. The van der Waals surface area contributed by atoms with Gasteiger partial charge in [-0.25, -0.2) is 9.59 Å². The van der Waals surface area contributed by atoms with Crippen LogP contribution >= 0.6 is 23.1 Å². The monoisotopic (exact) mass is 638 g/mol. The van der Waals surface area contributed by atoms with Crippen molar-refractivity contribution in [3.8, 4) is 11.1 Å². The van der Waals surface area contributed by atoms with Crippen molar-refractivity contribution in [1.82, 2.24) is 0 Å². The van der Waals surface area contributed by atoms with Crippen molar-refractivity contribution in [2.24, 2.45) is 0 Å². The minimum atomic E-state index is -1.12. The summed E-state index contributed by atoms with van der Waals surface area (Å²) in [6, 6.07) is 24.8. The number of thioether (sulfide) groups is 1. The van der Waals surface area contributed by atoms with Crippen LogP contribution in [0.3, 0.4) is 0 Å². The van der Waals surface area contributed by atoms with Gasteiger partial charge >= 0.3 is 11.9 Å². The van der Waals surface area contributed by atoms with Crippen LogP contribution in [0.1, 0.15) is 50.5 Å². The molecule has 5 aromatic rings. The van der Waals surface area contributed by atoms with Crippen molar-refractivity contribution in [3.63, 3.8) is 0 Å². The molecule has 3 N–H and O–H groups in total. The third kappa shape index (κ3) is 7.08. The quantitative estimate of drug-likeness (QED) is 0.104. The number of rotatable bonds is 10. The lowest BCUT2D eigenvalue weighted by molar-refractivity contribution is -0.115. The van der Waals surface area contributed by atoms with Gasteiger partial charge in [0.25, 0.3) is 5.91 Å². The fourth-order valence-electron chi connectivity index (χ4n) is 4.83. The molecule has 1 atom stereocenters. The zero-order valence-corrected chi connectivity index (χ0v) is 26.4. The fraction of sp³-hybridized carbons (Fsp3) is 0.143. The van der Waals surface area contributed by atoms with E-state index in [1.807, 2.05) is 42.6 Å². The molecule has 10 heteroatoms. The van der Waals surface area contributed by atoms with Crippen molar-refractivity contribution in [2.75, 3.05) is 17.2 Å². The fourth-order valence-corrected chi connectivity index (χ4v) is 6.71. The summed E-state index contributed by atoms with van der Waals surface area (Å²) in [5, 5.41) is 18.2. The number of carboxylic acid groups (broad SMARTS) is 1. The van der Waals surface area contributed by atoms with Crippen molar-refractivity contribution in [1.29, 1.82) is 0 Å². The Labute approximate surface area is 268 Å². The number of carbonyl (C=O) groups is 4. The van der Waals surface area contributed by atoms with E-state index < -0.39 is 23.1 Å². The number of hydrogen-bond acceptors (Lipinski definition) is 7. The van der Waals surface area contributed by atoms with E-state index in [2.05, 4.69) is 10.6 Å². The van der Waals surface area contributed by atoms with Crippen LogP contribution in [0.2, 0.25) is 0 Å². The number of carboxylic acids is 1. The molecular formula is C35H30N2O6S2. The van der Waals surface area contributed by atoms with Crippen molar-refractivity contribution in [3.05, 3.63) is 113 Å². The number of thiophene rings is 1. The average Bonchev–Trinajstić information content (AvgIpc) is 3.44. The van der Waals surface area contributed by atoms with Crippen LogP contribution < -0.4 is 10.6 Å². The van der Waals surface area contributed by atoms with E-state index in [0.29, 0.717) is 32.6 Å². The molecule has 8 nitrogen and oxygen atoms in total. The van der Waals surface area contributed by atoms with E-state index in [0.717, 1.165) is 16.0 Å². The van der Waals surface area contributed by atoms with E-state index in [-0.39, 0.29) is 23.6 Å². The van der Waals surface area contributed by atoms with Crippen LogP contribution in [0.4, 0.5) is 10.7 Å². The molecule has 0 bridgehead atoms. The number of hydrogen-bond donors (Lipinski definition) is 3. The molecular weight excluding hydrogens is 609 g/mol. The molecule has 0 spiro atoms. The van der Waals surface area contributed by atoms with Gasteiger partial charge in [-0.2, -0.15) is 0 Å². The third-order valence-electron chi connectivity index (χ3n) is 7.02. The maximum Gasteiger partial charge on any atom is 0.341 e. The summed E-state index contributed by atoms with van der Waals surface area (Å²) in [5.74, 6) is -2.37. The predicted octanol–water partition coefficient (Wildman–Crippen LogP) is 8.12. The predicted molar refractivity (Wildman–Crippen MR) is 180 cm³/mol. The number of nitrogens with one attached hydrogen (secondary N) is 2. The average molecular weight is 639 g/mol. The van der Waals surface area contributed by atoms with Gasteiger partial charge in [0, 0.05) is 32.5 Å². The van der Waals surface area contributed by atoms with Crippen LogP contribution in [0.25, 0.3) is 21.9 Å². The molecule has 1 heterocycles. The minimum absolute atomic E-state index is 0.0465. The van der Waals surface area contributed by atoms with E-state index in [9.17, 15) is 24.3 Å². The van der Waals surface area contributed by atoms with E-state index >= 15 is 0 Å². The van der Waals surface area contributed by atoms with Gasteiger partial charge in [-0.05, 0) is 62.1 Å². The number of benzene rings is 4. The maximum absolute atomic E-state index is 13.3. The van der Waals surface area contributed by atoms with E-state index in [1.165, 1.54) is 29.2 Å². The van der Waals surface area contributed by atoms with Crippen LogP contribution in [-0.4, -0.2) is 40.7 Å². The Morgan fingerprint density at radius 3 is 2.29 bits per heavy atom. The number of carbonyl (C=O) groups excluding carboxylic acids is 3. The van der Waals surface area contributed by atoms with Gasteiger partial charge in [-0.15, -0.1) is 23.1 Å². The molecule has 1 unspecified atom stereocenters. The molecule has 0 aliphatic carbocycles. The Morgan fingerprint density at radius 1 is 0.911 bits per heavy atom. The van der Waals surface area contributed by atoms with Gasteiger partial charge in [0.1, 0.15) is 10.6 Å². The number of ether oxygens (including phenoxy) is 1. The zero-order valence-electron chi connectivity index (χ0n) is 24.7. The van der Waals surface area contributed by atoms with Gasteiger partial charge in [0.05, 0.1) is 17.4 Å². The summed E-state index contributed by atoms with van der Waals surface area (Å²) < 4.78 is 5.32. The van der Waals surface area contributed by atoms with Crippen LogP contribution in [0.15, 0.2) is 95.2 Å². The topological polar surface area (TPSA) is 122 Å². The summed E-state index contributed by atoms with van der Waals surface area (Å²) in [6.45, 7) is 5.68. The second kappa shape index (κ2) is 13.8. The number of aromatic carboxylic acids is 1. The first-order valence-electron chi connectivity index (χ1n) is 14.2. The lowest BCUT2D eigenvalue weighted by atomic mass is 9.98. The second-order valence-electron chi connectivity index (χ2n) is 10.2. The Bertz CT molecular complexity index is 1910. The summed E-state index contributed by atoms with van der Waals surface area (Å²) >= 11 is 2.56. The van der Waals surface area contributed by atoms with E-state index in [1.54, 1.807) is 62.4 Å². The largest absolute Gasteiger partial charge is 0.478 e. The molecule has 0 radical (unpaired) electrons. The molecule has 0 fully saturated rings.